The van der Waals surface area contributed by atoms with Crippen LogP contribution >= 0.6 is 0 Å². The van der Waals surface area contributed by atoms with Gasteiger partial charge in [0.15, 0.2) is 12.6 Å². The minimum atomic E-state index is -1.37. The molecule has 22 N–H and O–H groups in total. The molecule has 0 aromatic rings. The number of hydrogen-bond donors (Lipinski definition) is 15. The first-order valence-corrected chi connectivity index (χ1v) is 22.2. The van der Waals surface area contributed by atoms with Gasteiger partial charge in [-0.05, 0) is 52.2 Å². The molecule has 24 nitrogen and oxygen atoms in total. The molecule has 0 spiro atoms. The van der Waals surface area contributed by atoms with Crippen molar-refractivity contribution in [2.45, 2.75) is 161 Å². The van der Waals surface area contributed by atoms with Crippen molar-refractivity contribution in [1.29, 1.82) is 0 Å². The Balaban J connectivity index is 1.11. The molecule has 20 unspecified atom stereocenters. The summed E-state index contributed by atoms with van der Waals surface area (Å²) in [6.45, 7) is 4.05. The van der Waals surface area contributed by atoms with Crippen LogP contribution in [0.5, 0.6) is 0 Å². The Morgan fingerprint density at radius 1 is 0.571 bits per heavy atom. The van der Waals surface area contributed by atoms with Crippen molar-refractivity contribution in [3.05, 3.63) is 0 Å². The van der Waals surface area contributed by atoms with Crippen LogP contribution in [0.2, 0.25) is 0 Å². The summed E-state index contributed by atoms with van der Waals surface area (Å²) >= 11 is 0. The monoisotopic (exact) mass is 916 g/mol. The number of aliphatic hydroxyl groups excluding tert-OH is 8. The number of rotatable bonds is 24. The van der Waals surface area contributed by atoms with Gasteiger partial charge in [-0.1, -0.05) is 6.92 Å². The smallest absolute Gasteiger partial charge is 0.176 e. The molecule has 22 atom stereocenters. The van der Waals surface area contributed by atoms with Gasteiger partial charge in [-0.3, -0.25) is 0 Å². The van der Waals surface area contributed by atoms with E-state index in [0.717, 1.165) is 12.8 Å². The highest BCUT2D eigenvalue weighted by Crippen LogP contribution is 2.32. The lowest BCUT2D eigenvalue weighted by Crippen LogP contribution is -2.68. The van der Waals surface area contributed by atoms with E-state index >= 15 is 0 Å². The van der Waals surface area contributed by atoms with E-state index in [9.17, 15) is 40.9 Å². The summed E-state index contributed by atoms with van der Waals surface area (Å²) in [7, 11) is 3.70. The molecule has 0 radical (unpaired) electrons. The molecule has 2 heterocycles. The maximum absolute atomic E-state index is 11.0. The van der Waals surface area contributed by atoms with Crippen molar-refractivity contribution in [2.24, 2.45) is 46.1 Å². The topological polar surface area (TPSA) is 415 Å². The fourth-order valence-corrected chi connectivity index (χ4v) is 8.69. The van der Waals surface area contributed by atoms with Gasteiger partial charge in [0.25, 0.3) is 0 Å². The standard InChI is InChI=1S/C39H81N9O15/c1-18-10-22(43)34(62-38-26(45)32(55)30(53)24(12-40)60-38)36(28(18)51)58-16-20(50)15-48(3)7-9-57-8-5-4-6-47(2)14-19(49)17-59-37-29(52)21(42)11-23(44)35(37)63-39-27(46)33(56)31(54)25(13-41)61-39/h18-39,49-56H,4-17,40-46H2,1-3H3/t18?,19-,20-,21?,22?,23?,24?,25?,26?,27?,28?,29?,30?,31?,32?,33?,34?,35?,36?,37?,38?,39?/m0/s1. The van der Waals surface area contributed by atoms with Crippen LogP contribution in [0.3, 0.4) is 0 Å². The molecule has 4 rings (SSSR count). The molecule has 2 aliphatic heterocycles. The summed E-state index contributed by atoms with van der Waals surface area (Å²) in [5.74, 6) is -0.221. The van der Waals surface area contributed by atoms with Crippen molar-refractivity contribution in [3.8, 4) is 0 Å². The lowest BCUT2D eigenvalue weighted by Gasteiger charge is -2.47. The lowest BCUT2D eigenvalue weighted by molar-refractivity contribution is -0.293. The predicted octanol–water partition coefficient (Wildman–Crippen LogP) is -8.48. The average Bonchev–Trinajstić information content (AvgIpc) is 3.23. The highest BCUT2D eigenvalue weighted by atomic mass is 16.7. The summed E-state index contributed by atoms with van der Waals surface area (Å²) in [6.07, 6.45) is -15.1. The number of unbranched alkanes of at least 4 members (excludes halogenated alkanes) is 1. The van der Waals surface area contributed by atoms with Gasteiger partial charge >= 0.3 is 0 Å². The van der Waals surface area contributed by atoms with Crippen molar-refractivity contribution >= 4 is 0 Å². The van der Waals surface area contributed by atoms with Gasteiger partial charge in [0.05, 0.1) is 56.3 Å². The molecule has 63 heavy (non-hydrogen) atoms. The summed E-state index contributed by atoms with van der Waals surface area (Å²) in [5.41, 5.74) is 42.5. The lowest BCUT2D eigenvalue weighted by atomic mass is 9.80. The van der Waals surface area contributed by atoms with Crippen LogP contribution in [-0.2, 0) is 33.2 Å². The second-order valence-corrected chi connectivity index (χ2v) is 18.0. The summed E-state index contributed by atoms with van der Waals surface area (Å²) in [4.78, 5) is 3.84. The van der Waals surface area contributed by atoms with Gasteiger partial charge in [-0.2, -0.15) is 0 Å². The van der Waals surface area contributed by atoms with E-state index < -0.39 is 128 Å². The van der Waals surface area contributed by atoms with E-state index in [-0.39, 0.29) is 51.7 Å². The molecule has 0 amide bonds. The quantitative estimate of drug-likeness (QED) is 0.0400. The van der Waals surface area contributed by atoms with Crippen molar-refractivity contribution in [2.75, 3.05) is 79.8 Å². The maximum atomic E-state index is 11.0. The fraction of sp³-hybridized carbons (Fsp3) is 1.00. The maximum Gasteiger partial charge on any atom is 0.176 e. The summed E-state index contributed by atoms with van der Waals surface area (Å²) in [6, 6.07) is -4.21. The zero-order valence-corrected chi connectivity index (χ0v) is 37.0. The van der Waals surface area contributed by atoms with Crippen molar-refractivity contribution in [3.63, 3.8) is 0 Å². The van der Waals surface area contributed by atoms with E-state index in [1.165, 1.54) is 0 Å². The molecule has 4 aliphatic rings. The van der Waals surface area contributed by atoms with Crippen LogP contribution < -0.4 is 40.1 Å². The number of nitrogens with zero attached hydrogens (tertiary/aromatic N) is 2. The van der Waals surface area contributed by atoms with Gasteiger partial charge in [0, 0.05) is 57.5 Å². The minimum Gasteiger partial charge on any atom is -0.390 e. The number of aliphatic hydroxyl groups is 8. The van der Waals surface area contributed by atoms with E-state index in [0.29, 0.717) is 32.7 Å². The Morgan fingerprint density at radius 3 is 1.52 bits per heavy atom. The van der Waals surface area contributed by atoms with Crippen LogP contribution in [0.15, 0.2) is 0 Å². The third-order valence-corrected chi connectivity index (χ3v) is 12.6. The fourth-order valence-electron chi connectivity index (χ4n) is 8.69. The number of ether oxygens (including phenoxy) is 7. The van der Waals surface area contributed by atoms with Gasteiger partial charge in [0.2, 0.25) is 0 Å². The van der Waals surface area contributed by atoms with Gasteiger partial charge < -0.3 is 124 Å². The molecule has 2 aliphatic carbocycles. The molecule has 4 fully saturated rings. The predicted molar refractivity (Wildman–Crippen MR) is 226 cm³/mol. The first-order valence-electron chi connectivity index (χ1n) is 22.2. The number of nitrogens with two attached hydrogens (primary N) is 7. The van der Waals surface area contributed by atoms with Crippen LogP contribution in [-0.4, -0.2) is 259 Å². The number of likely N-dealkylation sites (N-methyl/N-ethyl adjacent to an activating group) is 2. The first-order chi connectivity index (χ1) is 29.8. The second-order valence-electron chi connectivity index (χ2n) is 18.0. The third kappa shape index (κ3) is 15.0. The molecule has 2 saturated carbocycles. The first kappa shape index (κ1) is 54.6. The second kappa shape index (κ2) is 26.0. The molecule has 2 saturated heterocycles. The Bertz CT molecular complexity index is 1200. The Labute approximate surface area is 370 Å². The van der Waals surface area contributed by atoms with Crippen LogP contribution in [0.25, 0.3) is 0 Å². The number of hydrogen-bond acceptors (Lipinski definition) is 24. The third-order valence-electron chi connectivity index (χ3n) is 12.6. The molecule has 24 heteroatoms. The minimum absolute atomic E-state index is 0.0797. The van der Waals surface area contributed by atoms with E-state index in [4.69, 9.17) is 73.3 Å². The van der Waals surface area contributed by atoms with E-state index in [2.05, 4.69) is 0 Å². The molecule has 372 valence electrons. The van der Waals surface area contributed by atoms with Gasteiger partial charge in [-0.15, -0.1) is 0 Å². The van der Waals surface area contributed by atoms with E-state index in [1.807, 2.05) is 30.8 Å². The zero-order valence-electron chi connectivity index (χ0n) is 37.0. The molecular weight excluding hydrogens is 834 g/mol. The average molecular weight is 916 g/mol. The van der Waals surface area contributed by atoms with Crippen LogP contribution in [0.4, 0.5) is 0 Å². The molecule has 0 bridgehead atoms. The Morgan fingerprint density at radius 2 is 1.03 bits per heavy atom. The highest BCUT2D eigenvalue weighted by molar-refractivity contribution is 5.01. The Kier molecular flexibility index (Phi) is 22.5. The summed E-state index contributed by atoms with van der Waals surface area (Å²) < 4.78 is 41.4. The normalized spacial score (nSPS) is 42.5. The van der Waals surface area contributed by atoms with Gasteiger partial charge in [0.1, 0.15) is 61.0 Å². The van der Waals surface area contributed by atoms with Gasteiger partial charge in [-0.25, -0.2) is 0 Å². The molecule has 0 aromatic heterocycles. The molecular formula is C39H81N9O15. The Hall–Kier alpha value is -0.960. The van der Waals surface area contributed by atoms with E-state index in [1.54, 1.807) is 0 Å². The SMILES string of the molecule is CC1CC(N)C(OC2OC(CN)C(O)C(O)C2N)C(OC[C@@H](O)CN(C)CCOCCCCN(C)C[C@H](O)COC2C(O)C(N)CC(N)C2OC2OC(CN)C(O)C(O)C2N)C1O. The van der Waals surface area contributed by atoms with Crippen LogP contribution in [0, 0.1) is 5.92 Å². The largest absolute Gasteiger partial charge is 0.390 e. The highest BCUT2D eigenvalue weighted by Gasteiger charge is 2.50. The summed E-state index contributed by atoms with van der Waals surface area (Å²) in [5, 5.41) is 84.9. The van der Waals surface area contributed by atoms with Crippen LogP contribution in [0.1, 0.15) is 32.6 Å². The van der Waals surface area contributed by atoms with Crippen molar-refractivity contribution in [1.82, 2.24) is 9.80 Å². The molecule has 0 aromatic carbocycles. The van der Waals surface area contributed by atoms with Crippen molar-refractivity contribution < 1.29 is 74.0 Å². The zero-order chi connectivity index (χ0) is 46.7.